The molecule has 2 fully saturated rings. The molecule has 2 aliphatic heterocycles. The second-order valence-electron chi connectivity index (χ2n) is 9.21. The molecule has 0 saturated carbocycles. The fourth-order valence-electron chi connectivity index (χ4n) is 3.61. The number of hydrogen-bond donors (Lipinski definition) is 1. The Morgan fingerprint density at radius 2 is 1.64 bits per heavy atom. The van der Waals surface area contributed by atoms with E-state index < -0.39 is 5.60 Å². The molecule has 1 N–H and O–H groups in total. The summed E-state index contributed by atoms with van der Waals surface area (Å²) in [4.78, 5) is 14.4. The van der Waals surface area contributed by atoms with Gasteiger partial charge in [0.05, 0.1) is 0 Å². The summed E-state index contributed by atoms with van der Waals surface area (Å²) < 4.78 is 5.59. The van der Waals surface area contributed by atoms with E-state index in [0.29, 0.717) is 23.5 Å². The first-order valence-electron chi connectivity index (χ1n) is 8.80. The molecule has 2 unspecified atom stereocenters. The van der Waals surface area contributed by atoms with Crippen molar-refractivity contribution in [3.8, 4) is 0 Å². The average Bonchev–Trinajstić information content (AvgIpc) is 2.58. The normalized spacial score (nSPS) is 28.8. The molecule has 2 heterocycles. The summed E-state index contributed by atoms with van der Waals surface area (Å²) in [7, 11) is 0. The molecule has 0 aliphatic carbocycles. The zero-order valence-corrected chi connectivity index (χ0v) is 15.2. The molecule has 2 saturated heterocycles. The van der Waals surface area contributed by atoms with E-state index in [1.807, 2.05) is 25.7 Å². The van der Waals surface area contributed by atoms with Crippen molar-refractivity contribution >= 4 is 6.09 Å². The Labute approximate surface area is 136 Å². The lowest BCUT2D eigenvalue weighted by Crippen LogP contribution is -2.52. The summed E-state index contributed by atoms with van der Waals surface area (Å²) in [5.74, 6) is 0. The third-order valence-corrected chi connectivity index (χ3v) is 4.65. The third-order valence-electron chi connectivity index (χ3n) is 4.65. The number of piperidine rings is 1. The first-order chi connectivity index (χ1) is 10.1. The van der Waals surface area contributed by atoms with Crippen molar-refractivity contribution in [1.82, 2.24) is 10.2 Å². The molecule has 0 aromatic carbocycles. The van der Waals surface area contributed by atoms with Crippen LogP contribution in [-0.2, 0) is 4.74 Å². The number of rotatable bonds is 3. The Morgan fingerprint density at radius 1 is 1.09 bits per heavy atom. The smallest absolute Gasteiger partial charge is 0.410 e. The van der Waals surface area contributed by atoms with Gasteiger partial charge < -0.3 is 15.0 Å². The van der Waals surface area contributed by atoms with Crippen LogP contribution >= 0.6 is 0 Å². The van der Waals surface area contributed by atoms with Crippen LogP contribution in [0.25, 0.3) is 0 Å². The number of carbonyl (C=O) groups is 1. The number of amides is 1. The zero-order chi connectivity index (χ0) is 16.5. The quantitative estimate of drug-likeness (QED) is 0.858. The number of nitrogens with one attached hydrogen (secondary N) is 1. The van der Waals surface area contributed by atoms with Gasteiger partial charge in [-0.15, -0.1) is 0 Å². The van der Waals surface area contributed by atoms with Crippen molar-refractivity contribution in [2.75, 3.05) is 6.54 Å². The fourth-order valence-corrected chi connectivity index (χ4v) is 3.61. The highest BCUT2D eigenvalue weighted by molar-refractivity contribution is 5.69. The van der Waals surface area contributed by atoms with Gasteiger partial charge >= 0.3 is 6.09 Å². The summed E-state index contributed by atoms with van der Waals surface area (Å²) in [6, 6.07) is 1.28. The van der Waals surface area contributed by atoms with Crippen LogP contribution in [0.1, 0.15) is 73.6 Å². The minimum Gasteiger partial charge on any atom is -0.444 e. The number of nitrogens with zero attached hydrogens (tertiary/aromatic N) is 1. The first kappa shape index (κ1) is 17.6. The van der Waals surface area contributed by atoms with Crippen LogP contribution in [0.2, 0.25) is 0 Å². The second kappa shape index (κ2) is 6.38. The Morgan fingerprint density at radius 3 is 2.09 bits per heavy atom. The molecule has 2 aliphatic rings. The number of fused-ring (bicyclic) bond motifs is 2. The standard InChI is InChI=1S/C18H34N2O2/c1-17(2,3)9-10-19-13-11-14-7-8-15(12-13)20(14)16(21)22-18(4,5)6/h13-15,19H,7-12H2,1-6H3. The van der Waals surface area contributed by atoms with E-state index in [-0.39, 0.29) is 6.09 Å². The molecule has 0 aromatic heterocycles. The summed E-state index contributed by atoms with van der Waals surface area (Å²) >= 11 is 0. The Kier molecular flexibility index (Phi) is 5.10. The van der Waals surface area contributed by atoms with Gasteiger partial charge in [-0.2, -0.15) is 0 Å². The van der Waals surface area contributed by atoms with Gasteiger partial charge in [-0.05, 0) is 64.8 Å². The predicted molar refractivity (Wildman–Crippen MR) is 90.0 cm³/mol. The summed E-state index contributed by atoms with van der Waals surface area (Å²) in [5, 5.41) is 3.71. The van der Waals surface area contributed by atoms with Crippen molar-refractivity contribution < 1.29 is 9.53 Å². The van der Waals surface area contributed by atoms with Gasteiger partial charge in [0, 0.05) is 18.1 Å². The molecule has 4 nitrogen and oxygen atoms in total. The lowest BCUT2D eigenvalue weighted by atomic mass is 9.91. The molecule has 4 heteroatoms. The molecular weight excluding hydrogens is 276 g/mol. The maximum absolute atomic E-state index is 12.4. The fraction of sp³-hybridized carbons (Fsp3) is 0.944. The van der Waals surface area contributed by atoms with Crippen molar-refractivity contribution in [2.45, 2.75) is 97.4 Å². The van der Waals surface area contributed by atoms with Crippen LogP contribution in [0.5, 0.6) is 0 Å². The molecule has 22 heavy (non-hydrogen) atoms. The SMILES string of the molecule is CC(C)(C)CCNC1CC2CCC(C1)N2C(=O)OC(C)(C)C. The maximum atomic E-state index is 12.4. The van der Waals surface area contributed by atoms with E-state index in [4.69, 9.17) is 4.74 Å². The van der Waals surface area contributed by atoms with Crippen molar-refractivity contribution in [1.29, 1.82) is 0 Å². The highest BCUT2D eigenvalue weighted by atomic mass is 16.6. The van der Waals surface area contributed by atoms with Gasteiger partial charge in [0.25, 0.3) is 0 Å². The van der Waals surface area contributed by atoms with Crippen molar-refractivity contribution in [3.63, 3.8) is 0 Å². The van der Waals surface area contributed by atoms with E-state index in [0.717, 1.165) is 32.2 Å². The molecule has 0 radical (unpaired) electrons. The lowest BCUT2D eigenvalue weighted by Gasteiger charge is -2.40. The van der Waals surface area contributed by atoms with E-state index >= 15 is 0 Å². The summed E-state index contributed by atoms with van der Waals surface area (Å²) in [6.07, 6.45) is 5.46. The number of ether oxygens (including phenoxy) is 1. The van der Waals surface area contributed by atoms with Crippen molar-refractivity contribution in [3.05, 3.63) is 0 Å². The Balaban J connectivity index is 1.85. The van der Waals surface area contributed by atoms with Crippen LogP contribution in [0.15, 0.2) is 0 Å². The third kappa shape index (κ3) is 4.87. The van der Waals surface area contributed by atoms with Crippen LogP contribution < -0.4 is 5.32 Å². The van der Waals surface area contributed by atoms with Crippen LogP contribution in [0, 0.1) is 5.41 Å². The molecule has 1 amide bonds. The molecule has 2 bridgehead atoms. The molecule has 2 atom stereocenters. The molecule has 128 valence electrons. The number of hydrogen-bond acceptors (Lipinski definition) is 3. The zero-order valence-electron chi connectivity index (χ0n) is 15.2. The van der Waals surface area contributed by atoms with Gasteiger partial charge in [-0.25, -0.2) is 4.79 Å². The van der Waals surface area contributed by atoms with Gasteiger partial charge in [-0.3, -0.25) is 0 Å². The minimum atomic E-state index is -0.404. The second-order valence-corrected chi connectivity index (χ2v) is 9.21. The van der Waals surface area contributed by atoms with Gasteiger partial charge in [0.2, 0.25) is 0 Å². The summed E-state index contributed by atoms with van der Waals surface area (Å²) in [5.41, 5.74) is -0.0263. The van der Waals surface area contributed by atoms with Crippen LogP contribution in [0.3, 0.4) is 0 Å². The average molecular weight is 310 g/mol. The largest absolute Gasteiger partial charge is 0.444 e. The monoisotopic (exact) mass is 310 g/mol. The molecular formula is C18H34N2O2. The first-order valence-corrected chi connectivity index (χ1v) is 8.80. The van der Waals surface area contributed by atoms with Gasteiger partial charge in [0.1, 0.15) is 5.60 Å². The molecule has 2 rings (SSSR count). The van der Waals surface area contributed by atoms with E-state index in [2.05, 4.69) is 26.1 Å². The van der Waals surface area contributed by atoms with E-state index in [1.165, 1.54) is 6.42 Å². The topological polar surface area (TPSA) is 41.6 Å². The minimum absolute atomic E-state index is 0.117. The molecule has 0 aromatic rings. The van der Waals surface area contributed by atoms with Gasteiger partial charge in [-0.1, -0.05) is 20.8 Å². The highest BCUT2D eigenvalue weighted by Crippen LogP contribution is 2.36. The van der Waals surface area contributed by atoms with Gasteiger partial charge in [0.15, 0.2) is 0 Å². The summed E-state index contributed by atoms with van der Waals surface area (Å²) in [6.45, 7) is 13.7. The van der Waals surface area contributed by atoms with Crippen LogP contribution in [0.4, 0.5) is 4.79 Å². The van der Waals surface area contributed by atoms with Crippen LogP contribution in [-0.4, -0.2) is 41.3 Å². The van der Waals surface area contributed by atoms with E-state index in [9.17, 15) is 4.79 Å². The maximum Gasteiger partial charge on any atom is 0.410 e. The predicted octanol–water partition coefficient (Wildman–Crippen LogP) is 3.94. The lowest BCUT2D eigenvalue weighted by molar-refractivity contribution is 0.00469. The number of carbonyl (C=O) groups excluding carboxylic acids is 1. The highest BCUT2D eigenvalue weighted by Gasteiger charge is 2.44. The Hall–Kier alpha value is -0.770. The Bertz CT molecular complexity index is 381. The van der Waals surface area contributed by atoms with Crippen molar-refractivity contribution in [2.24, 2.45) is 5.41 Å². The molecule has 0 spiro atoms. The van der Waals surface area contributed by atoms with E-state index in [1.54, 1.807) is 0 Å².